The van der Waals surface area contributed by atoms with Gasteiger partial charge in [0.05, 0.1) is 22.2 Å². The van der Waals surface area contributed by atoms with Crippen LogP contribution in [0.25, 0.3) is 0 Å². The molecule has 6 rings (SSSR count). The standard InChI is InChI=1S/C29H19ClF3N3O6S2/c30-14-4-9-19(42-12-20(38)34-15-5-7-17(37)8-6-15)18(11-14)21-22-24(43-25-23(21)44-28(41)35-25)27(40)36(26(22)39)16-3-1-2-13(10-16)29(31,32)33/h1-11,21-22,24,37H,12H2,(H,34,38)(H,35,41)/t21-,22?,24?/m1/s1. The second-order valence-corrected chi connectivity index (χ2v) is 12.5. The summed E-state index contributed by atoms with van der Waals surface area (Å²) in [6.45, 7) is -0.468. The van der Waals surface area contributed by atoms with Gasteiger partial charge in [0.25, 0.3) is 5.91 Å². The first-order valence-corrected chi connectivity index (χ1v) is 14.9. The normalized spacial score (nSPS) is 19.5. The number of aromatic amines is 1. The minimum atomic E-state index is -4.70. The Bertz CT molecular complexity index is 1860. The number of carbonyl (C=O) groups excluding carboxylic acids is 3. The van der Waals surface area contributed by atoms with E-state index in [1.165, 1.54) is 48.5 Å². The number of phenols is 1. The summed E-state index contributed by atoms with van der Waals surface area (Å²) in [5, 5.41) is 11.6. The highest BCUT2D eigenvalue weighted by molar-refractivity contribution is 8.00. The van der Waals surface area contributed by atoms with Crippen molar-refractivity contribution in [1.29, 1.82) is 0 Å². The molecule has 1 aromatic heterocycles. The zero-order valence-corrected chi connectivity index (χ0v) is 24.4. The molecule has 3 amide bonds. The zero-order chi connectivity index (χ0) is 31.3. The lowest BCUT2D eigenvalue weighted by Crippen LogP contribution is -2.32. The molecule has 3 aromatic carbocycles. The van der Waals surface area contributed by atoms with Gasteiger partial charge in [0.1, 0.15) is 16.7 Å². The average molecular weight is 662 g/mol. The fourth-order valence-electron chi connectivity index (χ4n) is 5.21. The molecular weight excluding hydrogens is 643 g/mol. The predicted molar refractivity (Wildman–Crippen MR) is 158 cm³/mol. The number of aromatic hydroxyl groups is 1. The number of phenolic OH excluding ortho intramolecular Hbond substituents is 1. The number of carbonyl (C=O) groups is 3. The Labute approximate surface area is 259 Å². The van der Waals surface area contributed by atoms with Crippen LogP contribution in [0.3, 0.4) is 0 Å². The van der Waals surface area contributed by atoms with Crippen LogP contribution in [-0.2, 0) is 20.6 Å². The van der Waals surface area contributed by atoms with Crippen molar-refractivity contribution in [3.63, 3.8) is 0 Å². The lowest BCUT2D eigenvalue weighted by molar-refractivity contribution is -0.137. The number of thioether (sulfide) groups is 1. The Hall–Kier alpha value is -4.27. The Morgan fingerprint density at radius 3 is 2.52 bits per heavy atom. The number of H-pyrrole nitrogens is 1. The van der Waals surface area contributed by atoms with E-state index in [4.69, 9.17) is 16.3 Å². The molecular formula is C29H19ClF3N3O6S2. The lowest BCUT2D eigenvalue weighted by Gasteiger charge is -2.31. The number of amides is 3. The first-order chi connectivity index (χ1) is 20.9. The van der Waals surface area contributed by atoms with Crippen LogP contribution in [0.1, 0.15) is 21.9 Å². The van der Waals surface area contributed by atoms with Crippen LogP contribution in [0.5, 0.6) is 11.5 Å². The highest BCUT2D eigenvalue weighted by Crippen LogP contribution is 2.55. The summed E-state index contributed by atoms with van der Waals surface area (Å²) in [7, 11) is 0. The summed E-state index contributed by atoms with van der Waals surface area (Å²) in [4.78, 5) is 56.1. The molecule has 44 heavy (non-hydrogen) atoms. The maximum atomic E-state index is 14.0. The summed E-state index contributed by atoms with van der Waals surface area (Å²) < 4.78 is 46.2. The number of halogens is 4. The van der Waals surface area contributed by atoms with Crippen molar-refractivity contribution in [3.8, 4) is 11.5 Å². The molecule has 9 nitrogen and oxygen atoms in total. The van der Waals surface area contributed by atoms with E-state index in [9.17, 15) is 37.5 Å². The minimum absolute atomic E-state index is 0.0204. The number of fused-ring (bicyclic) bond motifs is 2. The van der Waals surface area contributed by atoms with E-state index in [0.717, 1.165) is 46.2 Å². The van der Waals surface area contributed by atoms with Crippen molar-refractivity contribution in [2.24, 2.45) is 5.92 Å². The Balaban J connectivity index is 1.36. The highest BCUT2D eigenvalue weighted by Gasteiger charge is 2.57. The van der Waals surface area contributed by atoms with Crippen molar-refractivity contribution >= 4 is 63.8 Å². The molecule has 4 aromatic rings. The number of anilines is 2. The Morgan fingerprint density at radius 1 is 1.05 bits per heavy atom. The maximum absolute atomic E-state index is 14.0. The SMILES string of the molecule is O=C(COc1ccc(Cl)cc1[C@H]1c2sc(=O)[nH]c2SC2C(=O)N(c3cccc(C(F)(F)F)c3)C(=O)C21)Nc1ccc(O)cc1. The number of rotatable bonds is 6. The highest BCUT2D eigenvalue weighted by atomic mass is 35.5. The third kappa shape index (κ3) is 5.55. The molecule has 2 aliphatic rings. The first kappa shape index (κ1) is 29.8. The van der Waals surface area contributed by atoms with Crippen molar-refractivity contribution in [3.05, 3.63) is 97.4 Å². The second-order valence-electron chi connectivity index (χ2n) is 9.88. The number of hydrogen-bond acceptors (Lipinski definition) is 8. The van der Waals surface area contributed by atoms with Crippen LogP contribution in [-0.4, -0.2) is 39.7 Å². The Morgan fingerprint density at radius 2 is 1.80 bits per heavy atom. The summed E-state index contributed by atoms with van der Waals surface area (Å²) in [5.74, 6) is -3.94. The molecule has 3 N–H and O–H groups in total. The minimum Gasteiger partial charge on any atom is -0.508 e. The van der Waals surface area contributed by atoms with E-state index >= 15 is 0 Å². The number of imide groups is 1. The number of thiazole rings is 1. The van der Waals surface area contributed by atoms with Crippen LogP contribution in [0.15, 0.2) is 76.6 Å². The van der Waals surface area contributed by atoms with Crippen molar-refractivity contribution in [2.75, 3.05) is 16.8 Å². The van der Waals surface area contributed by atoms with Crippen LogP contribution < -0.4 is 19.8 Å². The van der Waals surface area contributed by atoms with Crippen LogP contribution in [0.4, 0.5) is 24.5 Å². The molecule has 0 spiro atoms. The third-order valence-corrected chi connectivity index (χ3v) is 9.71. The lowest BCUT2D eigenvalue weighted by atomic mass is 9.82. The molecule has 3 atom stereocenters. The molecule has 1 saturated heterocycles. The largest absolute Gasteiger partial charge is 0.508 e. The second kappa shape index (κ2) is 11.3. The number of aromatic nitrogens is 1. The van der Waals surface area contributed by atoms with E-state index in [0.29, 0.717) is 21.2 Å². The number of benzene rings is 3. The average Bonchev–Trinajstić information content (AvgIpc) is 3.47. The number of nitrogens with zero attached hydrogens (tertiary/aromatic N) is 1. The van der Waals surface area contributed by atoms with Crippen molar-refractivity contribution in [2.45, 2.75) is 22.4 Å². The van der Waals surface area contributed by atoms with E-state index in [2.05, 4.69) is 10.3 Å². The van der Waals surface area contributed by atoms with Gasteiger partial charge in [0.2, 0.25) is 11.8 Å². The van der Waals surface area contributed by atoms with Crippen molar-refractivity contribution < 1.29 is 37.4 Å². The molecule has 2 aliphatic heterocycles. The van der Waals surface area contributed by atoms with Crippen LogP contribution in [0, 0.1) is 5.92 Å². The van der Waals surface area contributed by atoms with Crippen LogP contribution in [0.2, 0.25) is 5.02 Å². The first-order valence-electron chi connectivity index (χ1n) is 12.9. The van der Waals surface area contributed by atoms with Gasteiger partial charge in [-0.05, 0) is 60.7 Å². The molecule has 3 heterocycles. The fraction of sp³-hybridized carbons (Fsp3) is 0.172. The van der Waals surface area contributed by atoms with Gasteiger partial charge in [-0.1, -0.05) is 40.8 Å². The molecule has 0 radical (unpaired) electrons. The quantitative estimate of drug-likeness (QED) is 0.181. The molecule has 0 bridgehead atoms. The zero-order valence-electron chi connectivity index (χ0n) is 22.1. The Kier molecular flexibility index (Phi) is 7.68. The van der Waals surface area contributed by atoms with E-state index in [1.54, 1.807) is 0 Å². The van der Waals surface area contributed by atoms with Gasteiger partial charge < -0.3 is 20.1 Å². The number of nitrogens with one attached hydrogen (secondary N) is 2. The van der Waals surface area contributed by atoms with Crippen LogP contribution >= 0.6 is 34.7 Å². The van der Waals surface area contributed by atoms with E-state index < -0.39 is 58.0 Å². The van der Waals surface area contributed by atoms with Gasteiger partial charge in [0.15, 0.2) is 6.61 Å². The molecule has 0 aliphatic carbocycles. The molecule has 2 unspecified atom stereocenters. The molecule has 0 saturated carbocycles. The summed E-state index contributed by atoms with van der Waals surface area (Å²) in [6, 6.07) is 14.2. The fourth-order valence-corrected chi connectivity index (χ4v) is 7.89. The van der Waals surface area contributed by atoms with Gasteiger partial charge in [-0.25, -0.2) is 4.90 Å². The number of hydrogen-bond donors (Lipinski definition) is 3. The number of alkyl halides is 3. The monoisotopic (exact) mass is 661 g/mol. The smallest absolute Gasteiger partial charge is 0.416 e. The molecule has 226 valence electrons. The van der Waals surface area contributed by atoms with Gasteiger partial charge in [-0.2, -0.15) is 13.2 Å². The predicted octanol–water partition coefficient (Wildman–Crippen LogP) is 5.63. The summed E-state index contributed by atoms with van der Waals surface area (Å²) in [6.07, 6.45) is -4.70. The number of ether oxygens (including phenoxy) is 1. The summed E-state index contributed by atoms with van der Waals surface area (Å²) in [5.41, 5.74) is -0.525. The molecule has 15 heteroatoms. The third-order valence-electron chi connectivity index (χ3n) is 7.07. The summed E-state index contributed by atoms with van der Waals surface area (Å²) >= 11 is 8.14. The van der Waals surface area contributed by atoms with Gasteiger partial charge in [-0.3, -0.25) is 19.2 Å². The van der Waals surface area contributed by atoms with Gasteiger partial charge in [0, 0.05) is 27.1 Å². The van der Waals surface area contributed by atoms with E-state index in [-0.39, 0.29) is 22.2 Å². The topological polar surface area (TPSA) is 129 Å². The molecule has 1 fully saturated rings. The maximum Gasteiger partial charge on any atom is 0.416 e. The van der Waals surface area contributed by atoms with E-state index in [1.807, 2.05) is 0 Å². The van der Waals surface area contributed by atoms with Gasteiger partial charge >= 0.3 is 11.0 Å². The van der Waals surface area contributed by atoms with Crippen molar-refractivity contribution in [1.82, 2.24) is 4.98 Å². The van der Waals surface area contributed by atoms with Gasteiger partial charge in [-0.15, -0.1) is 0 Å².